The molecular weight excluding hydrogens is 344 g/mol. The third kappa shape index (κ3) is 4.53. The standard InChI is InChI=1S/C20H30N4OS/c1-14(23-15-8-4-2-5-9-15)19(20(21)26)17-12-18(25)24(13-22-17)16-10-6-3-7-11-16/h12-13,15-16,23H,2-11H2,1H3,(H2,21,26)/b19-14+. The van der Waals surface area contributed by atoms with E-state index in [0.717, 1.165) is 18.5 Å². The van der Waals surface area contributed by atoms with Gasteiger partial charge in [0.2, 0.25) is 0 Å². The molecule has 6 heteroatoms. The largest absolute Gasteiger partial charge is 0.389 e. The van der Waals surface area contributed by atoms with Gasteiger partial charge in [0.05, 0.1) is 17.6 Å². The molecule has 1 heterocycles. The lowest BCUT2D eigenvalue weighted by atomic mass is 9.95. The number of nitrogens with two attached hydrogens (primary N) is 1. The lowest BCUT2D eigenvalue weighted by molar-refractivity contribution is 0.343. The molecule has 1 aromatic heterocycles. The number of allylic oxidation sites excluding steroid dienone is 1. The molecule has 2 fully saturated rings. The van der Waals surface area contributed by atoms with Crippen molar-refractivity contribution in [2.24, 2.45) is 5.73 Å². The van der Waals surface area contributed by atoms with Crippen LogP contribution in [0.25, 0.3) is 5.57 Å². The second-order valence-electron chi connectivity index (χ2n) is 7.66. The van der Waals surface area contributed by atoms with Gasteiger partial charge in [-0.25, -0.2) is 4.98 Å². The van der Waals surface area contributed by atoms with E-state index in [1.807, 2.05) is 6.92 Å². The quantitative estimate of drug-likeness (QED) is 0.607. The zero-order valence-corrected chi connectivity index (χ0v) is 16.5. The topological polar surface area (TPSA) is 72.9 Å². The van der Waals surface area contributed by atoms with E-state index in [2.05, 4.69) is 10.3 Å². The average molecular weight is 375 g/mol. The van der Waals surface area contributed by atoms with Crippen LogP contribution in [-0.2, 0) is 0 Å². The van der Waals surface area contributed by atoms with Gasteiger partial charge in [-0.1, -0.05) is 50.7 Å². The van der Waals surface area contributed by atoms with Crippen LogP contribution in [0, 0.1) is 0 Å². The minimum absolute atomic E-state index is 0.0129. The van der Waals surface area contributed by atoms with E-state index in [9.17, 15) is 4.79 Å². The highest BCUT2D eigenvalue weighted by Gasteiger charge is 2.20. The van der Waals surface area contributed by atoms with Crippen molar-refractivity contribution in [2.45, 2.75) is 83.2 Å². The van der Waals surface area contributed by atoms with Crippen molar-refractivity contribution >= 4 is 22.8 Å². The fourth-order valence-electron chi connectivity index (χ4n) is 4.31. The molecule has 2 aliphatic carbocycles. The number of aromatic nitrogens is 2. The average Bonchev–Trinajstić information content (AvgIpc) is 2.63. The fraction of sp³-hybridized carbons (Fsp3) is 0.650. The Bertz CT molecular complexity index is 728. The van der Waals surface area contributed by atoms with E-state index < -0.39 is 0 Å². The van der Waals surface area contributed by atoms with Crippen molar-refractivity contribution in [3.63, 3.8) is 0 Å². The monoisotopic (exact) mass is 374 g/mol. The van der Waals surface area contributed by atoms with Crippen LogP contribution in [0.4, 0.5) is 0 Å². The van der Waals surface area contributed by atoms with E-state index in [-0.39, 0.29) is 16.6 Å². The van der Waals surface area contributed by atoms with Crippen molar-refractivity contribution in [2.75, 3.05) is 0 Å². The van der Waals surface area contributed by atoms with E-state index in [1.54, 1.807) is 17.0 Å². The Morgan fingerprint density at radius 3 is 2.35 bits per heavy atom. The molecule has 142 valence electrons. The lowest BCUT2D eigenvalue weighted by Gasteiger charge is -2.26. The number of hydrogen-bond donors (Lipinski definition) is 2. The molecule has 2 saturated carbocycles. The van der Waals surface area contributed by atoms with Gasteiger partial charge in [0.1, 0.15) is 4.99 Å². The van der Waals surface area contributed by atoms with Crippen molar-refractivity contribution in [3.05, 3.63) is 34.1 Å². The van der Waals surface area contributed by atoms with Gasteiger partial charge in [-0.05, 0) is 32.6 Å². The Balaban J connectivity index is 1.85. The van der Waals surface area contributed by atoms with Crippen LogP contribution >= 0.6 is 12.2 Å². The van der Waals surface area contributed by atoms with E-state index in [4.69, 9.17) is 18.0 Å². The molecule has 0 bridgehead atoms. The molecule has 26 heavy (non-hydrogen) atoms. The second-order valence-corrected chi connectivity index (χ2v) is 8.09. The first-order chi connectivity index (χ1) is 12.6. The predicted molar refractivity (Wildman–Crippen MR) is 110 cm³/mol. The second kappa shape index (κ2) is 8.80. The maximum Gasteiger partial charge on any atom is 0.254 e. The molecule has 0 atom stereocenters. The summed E-state index contributed by atoms with van der Waals surface area (Å²) in [6.07, 6.45) is 13.6. The maximum atomic E-state index is 12.7. The molecule has 0 unspecified atom stereocenters. The highest BCUT2D eigenvalue weighted by Crippen LogP contribution is 2.27. The van der Waals surface area contributed by atoms with Crippen LogP contribution in [0.3, 0.4) is 0 Å². The molecule has 5 nitrogen and oxygen atoms in total. The van der Waals surface area contributed by atoms with Crippen LogP contribution in [0.15, 0.2) is 22.9 Å². The van der Waals surface area contributed by atoms with Crippen LogP contribution in [0.2, 0.25) is 0 Å². The van der Waals surface area contributed by atoms with Gasteiger partial charge < -0.3 is 11.1 Å². The third-order valence-electron chi connectivity index (χ3n) is 5.71. The summed E-state index contributed by atoms with van der Waals surface area (Å²) in [6, 6.07) is 2.32. The highest BCUT2D eigenvalue weighted by atomic mass is 32.1. The molecule has 0 spiro atoms. The minimum atomic E-state index is -0.0129. The molecular formula is C20H30N4OS. The molecule has 0 aliphatic heterocycles. The fourth-order valence-corrected chi connectivity index (χ4v) is 4.57. The highest BCUT2D eigenvalue weighted by molar-refractivity contribution is 7.81. The summed E-state index contributed by atoms with van der Waals surface area (Å²) in [5, 5.41) is 3.56. The summed E-state index contributed by atoms with van der Waals surface area (Å²) in [4.78, 5) is 17.5. The maximum absolute atomic E-state index is 12.7. The Hall–Kier alpha value is -1.69. The van der Waals surface area contributed by atoms with Crippen molar-refractivity contribution in [1.29, 1.82) is 0 Å². The van der Waals surface area contributed by atoms with Crippen LogP contribution in [0.5, 0.6) is 0 Å². The van der Waals surface area contributed by atoms with Gasteiger partial charge in [-0.3, -0.25) is 9.36 Å². The zero-order chi connectivity index (χ0) is 18.5. The molecule has 2 aliphatic rings. The van der Waals surface area contributed by atoms with Crippen molar-refractivity contribution < 1.29 is 0 Å². The Morgan fingerprint density at radius 2 is 1.77 bits per heavy atom. The number of rotatable bonds is 5. The predicted octanol–water partition coefficient (Wildman–Crippen LogP) is 3.69. The summed E-state index contributed by atoms with van der Waals surface area (Å²) in [6.45, 7) is 1.98. The van der Waals surface area contributed by atoms with E-state index >= 15 is 0 Å². The third-order valence-corrected chi connectivity index (χ3v) is 5.91. The Labute approximate surface area is 161 Å². The molecule has 3 rings (SSSR count). The molecule has 1 aromatic rings. The van der Waals surface area contributed by atoms with Crippen molar-refractivity contribution in [3.8, 4) is 0 Å². The van der Waals surface area contributed by atoms with Gasteiger partial charge in [0.15, 0.2) is 0 Å². The summed E-state index contributed by atoms with van der Waals surface area (Å²) in [5.41, 5.74) is 8.17. The first kappa shape index (κ1) is 19.1. The Kier molecular flexibility index (Phi) is 6.46. The lowest BCUT2D eigenvalue weighted by Crippen LogP contribution is -2.32. The number of thiocarbonyl (C=S) groups is 1. The first-order valence-electron chi connectivity index (χ1n) is 9.92. The van der Waals surface area contributed by atoms with Gasteiger partial charge in [-0.15, -0.1) is 0 Å². The number of nitrogens with one attached hydrogen (secondary N) is 1. The number of nitrogens with zero attached hydrogens (tertiary/aromatic N) is 2. The SMILES string of the molecule is C/C(NC1CCCCC1)=C(\C(N)=S)c1cc(=O)n(C2CCCCC2)cn1. The van der Waals surface area contributed by atoms with Crippen molar-refractivity contribution in [1.82, 2.24) is 14.9 Å². The zero-order valence-electron chi connectivity index (χ0n) is 15.7. The van der Waals surface area contributed by atoms with E-state index in [1.165, 1.54) is 51.4 Å². The molecule has 0 amide bonds. The Morgan fingerprint density at radius 1 is 1.15 bits per heavy atom. The number of hydrogen-bond acceptors (Lipinski definition) is 4. The van der Waals surface area contributed by atoms with Gasteiger partial charge in [-0.2, -0.15) is 0 Å². The van der Waals surface area contributed by atoms with Crippen LogP contribution < -0.4 is 16.6 Å². The van der Waals surface area contributed by atoms with E-state index in [0.29, 0.717) is 17.3 Å². The summed E-state index contributed by atoms with van der Waals surface area (Å²) in [5.74, 6) is 0. The molecule has 0 aromatic carbocycles. The molecule has 0 saturated heterocycles. The summed E-state index contributed by atoms with van der Waals surface area (Å²) in [7, 11) is 0. The van der Waals surface area contributed by atoms with Gasteiger partial charge >= 0.3 is 0 Å². The summed E-state index contributed by atoms with van der Waals surface area (Å²) >= 11 is 5.28. The van der Waals surface area contributed by atoms with Gasteiger partial charge in [0.25, 0.3) is 5.56 Å². The van der Waals surface area contributed by atoms with Gasteiger partial charge in [0, 0.05) is 23.8 Å². The van der Waals surface area contributed by atoms with Crippen LogP contribution in [-0.4, -0.2) is 20.6 Å². The smallest absolute Gasteiger partial charge is 0.254 e. The molecule has 0 radical (unpaired) electrons. The summed E-state index contributed by atoms with van der Waals surface area (Å²) < 4.78 is 1.78. The first-order valence-corrected chi connectivity index (χ1v) is 10.3. The molecule has 3 N–H and O–H groups in total. The normalized spacial score (nSPS) is 20.5. The minimum Gasteiger partial charge on any atom is -0.389 e. The van der Waals surface area contributed by atoms with Crippen LogP contribution in [0.1, 0.15) is 82.9 Å².